The lowest BCUT2D eigenvalue weighted by Crippen LogP contribution is -2.51. The highest BCUT2D eigenvalue weighted by Gasteiger charge is 2.14. The number of nitrogens with one attached hydrogen (secondary N) is 3. The van der Waals surface area contributed by atoms with E-state index in [-0.39, 0.29) is 17.2 Å². The molecule has 0 aromatic heterocycles. The van der Waals surface area contributed by atoms with Crippen LogP contribution in [0.15, 0.2) is 28.7 Å². The molecule has 128 valence electrons. The number of hydrazine groups is 1. The largest absolute Gasteiger partial charge is 0.383 e. The first kappa shape index (κ1) is 20.2. The van der Waals surface area contributed by atoms with Crippen molar-refractivity contribution in [3.05, 3.63) is 34.3 Å². The molecule has 0 saturated heterocycles. The second-order valence-electron chi connectivity index (χ2n) is 5.02. The first-order valence-electron chi connectivity index (χ1n) is 7.13. The van der Waals surface area contributed by atoms with E-state index in [9.17, 15) is 4.79 Å². The van der Waals surface area contributed by atoms with Crippen LogP contribution in [0.3, 0.4) is 0 Å². The highest BCUT2D eigenvalue weighted by molar-refractivity contribution is 9.10. The molecule has 0 radical (unpaired) electrons. The highest BCUT2D eigenvalue weighted by Crippen LogP contribution is 2.19. The summed E-state index contributed by atoms with van der Waals surface area (Å²) in [7, 11) is 1.63. The van der Waals surface area contributed by atoms with Gasteiger partial charge in [0.1, 0.15) is 0 Å². The molecular weight excluding hydrogens is 398 g/mol. The van der Waals surface area contributed by atoms with E-state index in [1.54, 1.807) is 18.9 Å². The smallest absolute Gasteiger partial charge is 0.251 e. The van der Waals surface area contributed by atoms with Crippen molar-refractivity contribution < 1.29 is 9.53 Å². The van der Waals surface area contributed by atoms with Crippen molar-refractivity contribution in [3.8, 4) is 0 Å². The first-order valence-corrected chi connectivity index (χ1v) is 9.38. The van der Waals surface area contributed by atoms with Crippen molar-refractivity contribution in [2.75, 3.05) is 13.7 Å². The Hall–Kier alpha value is -0.830. The van der Waals surface area contributed by atoms with Crippen molar-refractivity contribution >= 4 is 50.9 Å². The van der Waals surface area contributed by atoms with Gasteiger partial charge in [0, 0.05) is 23.4 Å². The second kappa shape index (κ2) is 10.9. The van der Waals surface area contributed by atoms with Crippen molar-refractivity contribution in [1.82, 2.24) is 16.2 Å². The van der Waals surface area contributed by atoms with E-state index in [0.717, 1.165) is 10.2 Å². The number of rotatable bonds is 7. The van der Waals surface area contributed by atoms with E-state index in [4.69, 9.17) is 17.0 Å². The Balaban J connectivity index is 2.28. The number of carbonyl (C=O) groups excluding carboxylic acids is 1. The molecule has 1 aromatic carbocycles. The summed E-state index contributed by atoms with van der Waals surface area (Å²) in [5.41, 5.74) is 6.49. The van der Waals surface area contributed by atoms with Crippen LogP contribution < -0.4 is 16.2 Å². The van der Waals surface area contributed by atoms with E-state index in [2.05, 4.69) is 32.1 Å². The van der Waals surface area contributed by atoms with E-state index < -0.39 is 0 Å². The third-order valence-corrected chi connectivity index (χ3v) is 4.84. The minimum Gasteiger partial charge on any atom is -0.383 e. The molecule has 0 fully saturated rings. The number of thiocarbonyl (C=S) groups is 1. The highest BCUT2D eigenvalue weighted by atomic mass is 79.9. The van der Waals surface area contributed by atoms with Crippen molar-refractivity contribution in [3.63, 3.8) is 0 Å². The predicted octanol–water partition coefficient (Wildman–Crippen LogP) is 2.60. The molecule has 0 heterocycles. The summed E-state index contributed by atoms with van der Waals surface area (Å²) in [6.07, 6.45) is 0. The topological polar surface area (TPSA) is 62.4 Å². The third-order valence-electron chi connectivity index (χ3n) is 2.88. The molecule has 3 N–H and O–H groups in total. The number of hydrogen-bond acceptors (Lipinski definition) is 4. The Kier molecular flexibility index (Phi) is 9.54. The number of methoxy groups -OCH3 is 1. The molecule has 0 bridgehead atoms. The first-order chi connectivity index (χ1) is 10.9. The van der Waals surface area contributed by atoms with Gasteiger partial charge in [-0.2, -0.15) is 0 Å². The molecule has 5 nitrogen and oxygen atoms in total. The van der Waals surface area contributed by atoms with E-state index in [0.29, 0.717) is 11.7 Å². The van der Waals surface area contributed by atoms with Crippen LogP contribution in [0.25, 0.3) is 0 Å². The van der Waals surface area contributed by atoms with Gasteiger partial charge >= 0.3 is 0 Å². The summed E-state index contributed by atoms with van der Waals surface area (Å²) in [6, 6.07) is 8.13. The Labute approximate surface area is 155 Å². The van der Waals surface area contributed by atoms with Crippen LogP contribution in [0.5, 0.6) is 0 Å². The summed E-state index contributed by atoms with van der Waals surface area (Å²) in [4.78, 5) is 12.0. The zero-order valence-electron chi connectivity index (χ0n) is 13.4. The molecule has 0 spiro atoms. The lowest BCUT2D eigenvalue weighted by molar-refractivity contribution is -0.120. The SMILES string of the molecule is COC[C@@H](C)NC(=S)NNC(=O)[C@H](C)SCc1ccc(Br)cc1. The van der Waals surface area contributed by atoms with Crippen molar-refractivity contribution in [1.29, 1.82) is 0 Å². The second-order valence-corrected chi connectivity index (χ2v) is 7.68. The lowest BCUT2D eigenvalue weighted by Gasteiger charge is -2.18. The third kappa shape index (κ3) is 8.55. The van der Waals surface area contributed by atoms with E-state index >= 15 is 0 Å². The maximum absolute atomic E-state index is 12.0. The zero-order chi connectivity index (χ0) is 17.2. The number of ether oxygens (including phenoxy) is 1. The van der Waals surface area contributed by atoms with Gasteiger partial charge in [-0.25, -0.2) is 0 Å². The van der Waals surface area contributed by atoms with Crippen LogP contribution in [0.2, 0.25) is 0 Å². The average Bonchev–Trinajstić information content (AvgIpc) is 2.51. The molecule has 2 atom stereocenters. The van der Waals surface area contributed by atoms with Crippen LogP contribution in [0, 0.1) is 0 Å². The van der Waals surface area contributed by atoms with Gasteiger partial charge in [-0.15, -0.1) is 11.8 Å². The van der Waals surface area contributed by atoms with E-state index in [1.807, 2.05) is 38.1 Å². The van der Waals surface area contributed by atoms with Gasteiger partial charge in [-0.1, -0.05) is 28.1 Å². The van der Waals surface area contributed by atoms with Crippen LogP contribution in [0.1, 0.15) is 19.4 Å². The molecule has 0 aliphatic carbocycles. The summed E-state index contributed by atoms with van der Waals surface area (Å²) in [6.45, 7) is 4.34. The standard InChI is InChI=1S/C15H22BrN3O2S2/c1-10(8-21-3)17-15(22)19-18-14(20)11(2)23-9-12-4-6-13(16)7-5-12/h4-7,10-11H,8-9H2,1-3H3,(H,18,20)(H2,17,19,22)/t10-,11+/m1/s1. The number of hydrogen-bond donors (Lipinski definition) is 3. The molecule has 1 rings (SSSR count). The zero-order valence-corrected chi connectivity index (χ0v) is 16.6. The fourth-order valence-corrected chi connectivity index (χ4v) is 3.01. The number of thioether (sulfide) groups is 1. The molecule has 0 unspecified atom stereocenters. The molecule has 0 aliphatic rings. The Morgan fingerprint density at radius 3 is 2.57 bits per heavy atom. The maximum Gasteiger partial charge on any atom is 0.251 e. The summed E-state index contributed by atoms with van der Waals surface area (Å²) >= 11 is 10.1. The predicted molar refractivity (Wildman–Crippen MR) is 103 cm³/mol. The summed E-state index contributed by atoms with van der Waals surface area (Å²) < 4.78 is 6.05. The number of amides is 1. The van der Waals surface area contributed by atoms with Crippen LogP contribution in [0.4, 0.5) is 0 Å². The quantitative estimate of drug-likeness (QED) is 0.466. The van der Waals surface area contributed by atoms with Crippen LogP contribution in [-0.2, 0) is 15.3 Å². The van der Waals surface area contributed by atoms with Crippen LogP contribution in [-0.4, -0.2) is 36.0 Å². The van der Waals surface area contributed by atoms with Gasteiger partial charge in [0.15, 0.2) is 5.11 Å². The molecule has 23 heavy (non-hydrogen) atoms. The summed E-state index contributed by atoms with van der Waals surface area (Å²) in [5, 5.41) is 3.19. The Morgan fingerprint density at radius 1 is 1.30 bits per heavy atom. The number of benzene rings is 1. The van der Waals surface area contributed by atoms with Crippen molar-refractivity contribution in [2.45, 2.75) is 30.9 Å². The van der Waals surface area contributed by atoms with Gasteiger partial charge < -0.3 is 10.1 Å². The molecule has 1 amide bonds. The average molecular weight is 420 g/mol. The molecular formula is C15H22BrN3O2S2. The normalized spacial score (nSPS) is 13.0. The monoisotopic (exact) mass is 419 g/mol. The summed E-state index contributed by atoms with van der Waals surface area (Å²) in [5.74, 6) is 0.658. The minimum atomic E-state index is -0.189. The van der Waals surface area contributed by atoms with E-state index in [1.165, 1.54) is 5.56 Å². The van der Waals surface area contributed by atoms with Gasteiger partial charge in [-0.3, -0.25) is 15.6 Å². The lowest BCUT2D eigenvalue weighted by atomic mass is 10.2. The van der Waals surface area contributed by atoms with Crippen LogP contribution >= 0.6 is 39.9 Å². The molecule has 0 saturated carbocycles. The Morgan fingerprint density at radius 2 is 1.96 bits per heavy atom. The molecule has 1 aromatic rings. The van der Waals surface area contributed by atoms with Gasteiger partial charge in [0.05, 0.1) is 11.9 Å². The van der Waals surface area contributed by atoms with Gasteiger partial charge in [-0.05, 0) is 43.8 Å². The number of carbonyl (C=O) groups is 1. The minimum absolute atomic E-state index is 0.0705. The number of halogens is 1. The fraction of sp³-hybridized carbons (Fsp3) is 0.467. The van der Waals surface area contributed by atoms with Gasteiger partial charge in [0.25, 0.3) is 5.91 Å². The maximum atomic E-state index is 12.0. The van der Waals surface area contributed by atoms with Crippen molar-refractivity contribution in [2.24, 2.45) is 0 Å². The fourth-order valence-electron chi connectivity index (χ4n) is 1.65. The molecule has 8 heteroatoms. The Bertz CT molecular complexity index is 514. The van der Waals surface area contributed by atoms with Gasteiger partial charge in [0.2, 0.25) is 0 Å². The molecule has 0 aliphatic heterocycles.